The van der Waals surface area contributed by atoms with Crippen LogP contribution in [0.15, 0.2) is 16.5 Å². The molecular formula is C15H17F3N2O. The summed E-state index contributed by atoms with van der Waals surface area (Å²) in [6.45, 7) is 1.98. The van der Waals surface area contributed by atoms with Crippen LogP contribution in [0.1, 0.15) is 42.7 Å². The van der Waals surface area contributed by atoms with E-state index in [1.165, 1.54) is 12.8 Å². The first-order chi connectivity index (χ1) is 9.93. The largest absolute Gasteiger partial charge is 0.440 e. The summed E-state index contributed by atoms with van der Waals surface area (Å²) in [5.41, 5.74) is -0.0611. The Balaban J connectivity index is 1.91. The minimum absolute atomic E-state index is 0.176. The van der Waals surface area contributed by atoms with Crippen LogP contribution in [0.4, 0.5) is 13.2 Å². The van der Waals surface area contributed by atoms with Crippen LogP contribution in [0.25, 0.3) is 11.1 Å². The van der Waals surface area contributed by atoms with E-state index < -0.39 is 11.7 Å². The first-order valence-corrected chi connectivity index (χ1v) is 7.14. The van der Waals surface area contributed by atoms with Crippen molar-refractivity contribution in [3.8, 4) is 0 Å². The van der Waals surface area contributed by atoms with Crippen molar-refractivity contribution in [3.63, 3.8) is 0 Å². The highest BCUT2D eigenvalue weighted by Crippen LogP contribution is 2.36. The average molecular weight is 298 g/mol. The minimum Gasteiger partial charge on any atom is -0.440 e. The van der Waals surface area contributed by atoms with Gasteiger partial charge in [-0.15, -0.1) is 0 Å². The van der Waals surface area contributed by atoms with E-state index in [-0.39, 0.29) is 17.0 Å². The van der Waals surface area contributed by atoms with Gasteiger partial charge in [-0.05, 0) is 30.5 Å². The van der Waals surface area contributed by atoms with Gasteiger partial charge in [-0.25, -0.2) is 4.98 Å². The molecule has 1 N–H and O–H groups in total. The van der Waals surface area contributed by atoms with Crippen LogP contribution in [0.3, 0.4) is 0 Å². The lowest BCUT2D eigenvalue weighted by Crippen LogP contribution is -2.25. The van der Waals surface area contributed by atoms with Crippen molar-refractivity contribution in [3.05, 3.63) is 29.2 Å². The monoisotopic (exact) mass is 298 g/mol. The molecule has 0 saturated heterocycles. The van der Waals surface area contributed by atoms with Gasteiger partial charge in [-0.2, -0.15) is 13.2 Å². The fraction of sp³-hybridized carbons (Fsp3) is 0.533. The first-order valence-electron chi connectivity index (χ1n) is 7.14. The maximum absolute atomic E-state index is 13.1. The fourth-order valence-corrected chi connectivity index (χ4v) is 2.91. The number of rotatable bonds is 3. The van der Waals surface area contributed by atoms with Gasteiger partial charge >= 0.3 is 6.18 Å². The Morgan fingerprint density at radius 1 is 1.29 bits per heavy atom. The molecule has 1 saturated carbocycles. The van der Waals surface area contributed by atoms with Crippen LogP contribution in [-0.4, -0.2) is 11.0 Å². The van der Waals surface area contributed by atoms with Crippen LogP contribution in [0.5, 0.6) is 0 Å². The standard InChI is InChI=1S/C15H17F3N2O/c1-9-20-13-7-10(8-19-11-4-2-3-5-11)6-12(14(13)21-9)15(16,17)18/h6-7,11,19H,2-5,8H2,1H3. The number of benzene rings is 1. The lowest BCUT2D eigenvalue weighted by atomic mass is 10.1. The van der Waals surface area contributed by atoms with Gasteiger partial charge in [-0.1, -0.05) is 12.8 Å². The molecule has 0 radical (unpaired) electrons. The number of fused-ring (bicyclic) bond motifs is 1. The van der Waals surface area contributed by atoms with Gasteiger partial charge in [0.2, 0.25) is 0 Å². The Hall–Kier alpha value is -1.56. The van der Waals surface area contributed by atoms with Gasteiger partial charge in [0.05, 0.1) is 0 Å². The molecular weight excluding hydrogens is 281 g/mol. The van der Waals surface area contributed by atoms with Gasteiger partial charge in [0.1, 0.15) is 11.1 Å². The molecule has 0 unspecified atom stereocenters. The SMILES string of the molecule is Cc1nc2cc(CNC3CCCC3)cc(C(F)(F)F)c2o1. The van der Waals surface area contributed by atoms with E-state index in [0.717, 1.165) is 18.9 Å². The molecule has 1 fully saturated rings. The first kappa shape index (κ1) is 14.4. The molecule has 1 aromatic heterocycles. The van der Waals surface area contributed by atoms with Crippen molar-refractivity contribution in [1.29, 1.82) is 0 Å². The van der Waals surface area contributed by atoms with Crippen molar-refractivity contribution in [2.45, 2.75) is 51.4 Å². The summed E-state index contributed by atoms with van der Waals surface area (Å²) < 4.78 is 44.5. The second-order valence-corrected chi connectivity index (χ2v) is 5.58. The summed E-state index contributed by atoms with van der Waals surface area (Å²) in [6, 6.07) is 3.24. The highest BCUT2D eigenvalue weighted by atomic mass is 19.4. The number of halogens is 3. The maximum atomic E-state index is 13.1. The summed E-state index contributed by atoms with van der Waals surface area (Å²) in [6.07, 6.45) is 0.127. The second kappa shape index (κ2) is 5.33. The van der Waals surface area contributed by atoms with Crippen molar-refractivity contribution >= 4 is 11.1 Å². The zero-order valence-corrected chi connectivity index (χ0v) is 11.8. The Labute approximate surface area is 120 Å². The topological polar surface area (TPSA) is 38.1 Å². The zero-order chi connectivity index (χ0) is 15.0. The van der Waals surface area contributed by atoms with E-state index in [4.69, 9.17) is 4.42 Å². The lowest BCUT2D eigenvalue weighted by Gasteiger charge is -2.13. The van der Waals surface area contributed by atoms with Crippen LogP contribution in [0.2, 0.25) is 0 Å². The van der Waals surface area contributed by atoms with Gasteiger partial charge in [0, 0.05) is 19.5 Å². The van der Waals surface area contributed by atoms with Gasteiger partial charge in [0.25, 0.3) is 0 Å². The molecule has 21 heavy (non-hydrogen) atoms. The van der Waals surface area contributed by atoms with Crippen molar-refractivity contribution in [2.75, 3.05) is 0 Å². The number of hydrogen-bond donors (Lipinski definition) is 1. The summed E-state index contributed by atoms with van der Waals surface area (Å²) in [4.78, 5) is 4.03. The predicted octanol–water partition coefficient (Wildman–Crippen LogP) is 4.19. The third kappa shape index (κ3) is 3.05. The van der Waals surface area contributed by atoms with Crippen LogP contribution in [0, 0.1) is 6.92 Å². The van der Waals surface area contributed by atoms with Crippen LogP contribution in [-0.2, 0) is 12.7 Å². The molecule has 6 heteroatoms. The molecule has 0 atom stereocenters. The van der Waals surface area contributed by atoms with E-state index in [0.29, 0.717) is 18.2 Å². The predicted molar refractivity (Wildman–Crippen MR) is 72.8 cm³/mol. The highest BCUT2D eigenvalue weighted by molar-refractivity contribution is 5.78. The molecule has 0 bridgehead atoms. The van der Waals surface area contributed by atoms with Crippen molar-refractivity contribution in [2.24, 2.45) is 0 Å². The third-order valence-electron chi connectivity index (χ3n) is 3.91. The van der Waals surface area contributed by atoms with Crippen LogP contribution < -0.4 is 5.32 Å². The van der Waals surface area contributed by atoms with Gasteiger partial charge in [0.15, 0.2) is 11.5 Å². The second-order valence-electron chi connectivity index (χ2n) is 5.58. The number of aryl methyl sites for hydroxylation is 1. The van der Waals surface area contributed by atoms with Crippen molar-refractivity contribution < 1.29 is 17.6 Å². The van der Waals surface area contributed by atoms with Gasteiger partial charge in [-0.3, -0.25) is 0 Å². The Kier molecular flexibility index (Phi) is 3.65. The summed E-state index contributed by atoms with van der Waals surface area (Å²) in [5, 5.41) is 3.32. The quantitative estimate of drug-likeness (QED) is 0.923. The average Bonchev–Trinajstić information content (AvgIpc) is 3.01. The fourth-order valence-electron chi connectivity index (χ4n) is 2.91. The summed E-state index contributed by atoms with van der Waals surface area (Å²) in [7, 11) is 0. The van der Waals surface area contributed by atoms with Crippen molar-refractivity contribution in [1.82, 2.24) is 10.3 Å². The Morgan fingerprint density at radius 3 is 2.67 bits per heavy atom. The van der Waals surface area contributed by atoms with E-state index in [9.17, 15) is 13.2 Å². The summed E-state index contributed by atoms with van der Waals surface area (Å²) in [5.74, 6) is 0.247. The molecule has 3 rings (SSSR count). The summed E-state index contributed by atoms with van der Waals surface area (Å²) >= 11 is 0. The molecule has 1 aliphatic carbocycles. The molecule has 3 nitrogen and oxygen atoms in total. The third-order valence-corrected chi connectivity index (χ3v) is 3.91. The molecule has 1 heterocycles. The molecule has 2 aromatic rings. The smallest absolute Gasteiger partial charge is 0.420 e. The number of alkyl halides is 3. The van der Waals surface area contributed by atoms with E-state index in [1.807, 2.05) is 0 Å². The number of nitrogens with one attached hydrogen (secondary N) is 1. The number of hydrogen-bond acceptors (Lipinski definition) is 3. The minimum atomic E-state index is -4.44. The maximum Gasteiger partial charge on any atom is 0.420 e. The normalized spacial score (nSPS) is 17.0. The highest BCUT2D eigenvalue weighted by Gasteiger charge is 2.35. The Morgan fingerprint density at radius 2 is 2.00 bits per heavy atom. The molecule has 1 aliphatic rings. The number of nitrogens with zero attached hydrogens (tertiary/aromatic N) is 1. The molecule has 0 aliphatic heterocycles. The zero-order valence-electron chi connectivity index (χ0n) is 11.8. The lowest BCUT2D eigenvalue weighted by molar-refractivity contribution is -0.136. The molecule has 1 aromatic carbocycles. The Bertz CT molecular complexity index is 642. The molecule has 0 spiro atoms. The number of aromatic nitrogens is 1. The van der Waals surface area contributed by atoms with E-state index >= 15 is 0 Å². The van der Waals surface area contributed by atoms with Gasteiger partial charge < -0.3 is 9.73 Å². The number of oxazole rings is 1. The molecule has 114 valence electrons. The van der Waals surface area contributed by atoms with E-state index in [2.05, 4.69) is 10.3 Å². The molecule has 0 amide bonds. The van der Waals surface area contributed by atoms with Crippen LogP contribution >= 0.6 is 0 Å². The van der Waals surface area contributed by atoms with E-state index in [1.54, 1.807) is 13.0 Å².